The van der Waals surface area contributed by atoms with Crippen molar-refractivity contribution in [2.45, 2.75) is 25.7 Å². The Bertz CT molecular complexity index is 1890. The molecule has 0 radical (unpaired) electrons. The Morgan fingerprint density at radius 1 is 0.935 bits per heavy atom. The monoisotopic (exact) mass is 695 g/mol. The van der Waals surface area contributed by atoms with Crippen LogP contribution in [0.5, 0.6) is 5.75 Å². The second kappa shape index (κ2) is 13.1. The zero-order chi connectivity index (χ0) is 31.8. The summed E-state index contributed by atoms with van der Waals surface area (Å²) in [5.41, 5.74) is 8.80. The maximum Gasteiger partial charge on any atom is 0.229 e. The van der Waals surface area contributed by atoms with Crippen LogP contribution < -0.4 is 30.9 Å². The van der Waals surface area contributed by atoms with E-state index in [1.54, 1.807) is 13.3 Å². The highest BCUT2D eigenvalue weighted by Gasteiger charge is 2.25. The first-order chi connectivity index (χ1) is 22.4. The Balaban J connectivity index is 1.14. The summed E-state index contributed by atoms with van der Waals surface area (Å²) >= 11 is 3.67. The molecule has 0 amide bonds. The third-order valence-corrected chi connectivity index (χ3v) is 10.7. The van der Waals surface area contributed by atoms with Crippen molar-refractivity contribution >= 4 is 68.9 Å². The number of rotatable bonds is 9. The van der Waals surface area contributed by atoms with Gasteiger partial charge in [-0.15, -0.1) is 0 Å². The van der Waals surface area contributed by atoms with Crippen LogP contribution in [0.3, 0.4) is 0 Å². The summed E-state index contributed by atoms with van der Waals surface area (Å²) in [7, 11) is 1.28. The molecule has 0 spiro atoms. The Labute approximate surface area is 280 Å². The molecule has 1 aliphatic carbocycles. The molecular formula is C36H39BrN7OP. The number of hydrogen-bond acceptors (Lipinski definition) is 8. The predicted octanol–water partition coefficient (Wildman–Crippen LogP) is 7.91. The van der Waals surface area contributed by atoms with Gasteiger partial charge in [0.25, 0.3) is 0 Å². The van der Waals surface area contributed by atoms with E-state index in [0.29, 0.717) is 17.7 Å². The van der Waals surface area contributed by atoms with E-state index in [-0.39, 0.29) is 0 Å². The highest BCUT2D eigenvalue weighted by atomic mass is 79.9. The van der Waals surface area contributed by atoms with Crippen LogP contribution in [-0.2, 0) is 0 Å². The highest BCUT2D eigenvalue weighted by molar-refractivity contribution is 9.10. The Morgan fingerprint density at radius 2 is 1.72 bits per heavy atom. The Hall–Kier alpha value is -3.78. The van der Waals surface area contributed by atoms with Gasteiger partial charge in [-0.05, 0) is 108 Å². The fourth-order valence-electron chi connectivity index (χ4n) is 6.20. The molecule has 3 aromatic carbocycles. The predicted molar refractivity (Wildman–Crippen MR) is 197 cm³/mol. The number of ether oxygens (including phenoxy) is 1. The van der Waals surface area contributed by atoms with E-state index in [0.717, 1.165) is 70.0 Å². The zero-order valence-corrected chi connectivity index (χ0v) is 29.2. The molecule has 8 nitrogen and oxygen atoms in total. The van der Waals surface area contributed by atoms with Crippen molar-refractivity contribution < 1.29 is 4.74 Å². The van der Waals surface area contributed by atoms with E-state index < -0.39 is 7.92 Å². The minimum Gasteiger partial charge on any atom is -0.495 e. The molecule has 1 aliphatic heterocycles. The van der Waals surface area contributed by atoms with Gasteiger partial charge >= 0.3 is 0 Å². The first-order valence-electron chi connectivity index (χ1n) is 15.8. The van der Waals surface area contributed by atoms with Gasteiger partial charge in [0.1, 0.15) is 11.6 Å². The molecular weight excluding hydrogens is 657 g/mol. The quantitative estimate of drug-likeness (QED) is 0.134. The fourth-order valence-corrected chi connectivity index (χ4v) is 7.77. The third kappa shape index (κ3) is 6.41. The lowest BCUT2D eigenvalue weighted by Gasteiger charge is -2.29. The molecule has 0 bridgehead atoms. The Kier molecular flexibility index (Phi) is 8.82. The van der Waals surface area contributed by atoms with Gasteiger partial charge in [-0.2, -0.15) is 4.98 Å². The summed E-state index contributed by atoms with van der Waals surface area (Å²) < 4.78 is 6.63. The van der Waals surface area contributed by atoms with Crippen molar-refractivity contribution in [3.8, 4) is 16.9 Å². The second-order valence-electron chi connectivity index (χ2n) is 12.2. The van der Waals surface area contributed by atoms with Gasteiger partial charge in [-0.25, -0.2) is 4.98 Å². The van der Waals surface area contributed by atoms with Gasteiger partial charge in [0.15, 0.2) is 0 Å². The molecule has 3 N–H and O–H groups in total. The summed E-state index contributed by atoms with van der Waals surface area (Å²) in [5.74, 6) is 2.52. The normalized spacial score (nSPS) is 15.0. The summed E-state index contributed by atoms with van der Waals surface area (Å²) in [6.07, 6.45) is 4.27. The van der Waals surface area contributed by atoms with E-state index in [2.05, 4.69) is 123 Å². The molecule has 2 aromatic heterocycles. The third-order valence-electron chi connectivity index (χ3n) is 8.76. The number of hydrogen-bond donors (Lipinski definition) is 3. The van der Waals surface area contributed by atoms with Crippen LogP contribution in [0.1, 0.15) is 30.0 Å². The molecule has 46 heavy (non-hydrogen) atoms. The molecule has 0 atom stereocenters. The van der Waals surface area contributed by atoms with Gasteiger partial charge in [-0.1, -0.05) is 26.1 Å². The molecule has 3 heterocycles. The fraction of sp³-hybridized carbons (Fsp3) is 0.306. The number of benzene rings is 3. The van der Waals surface area contributed by atoms with Gasteiger partial charge in [0.05, 0.1) is 22.8 Å². The van der Waals surface area contributed by atoms with Crippen molar-refractivity contribution in [2.75, 3.05) is 62.2 Å². The largest absolute Gasteiger partial charge is 0.495 e. The number of fused-ring (bicyclic) bond motifs is 1. The number of anilines is 5. The van der Waals surface area contributed by atoms with E-state index >= 15 is 0 Å². The van der Waals surface area contributed by atoms with Gasteiger partial charge in [-0.3, -0.25) is 4.98 Å². The molecule has 1 saturated carbocycles. The molecule has 1 saturated heterocycles. The number of methoxy groups -OCH3 is 1. The minimum absolute atomic E-state index is 0.415. The smallest absolute Gasteiger partial charge is 0.229 e. The van der Waals surface area contributed by atoms with Crippen molar-refractivity contribution in [1.29, 1.82) is 0 Å². The molecule has 7 rings (SSSR count). The zero-order valence-electron chi connectivity index (χ0n) is 26.7. The van der Waals surface area contributed by atoms with Gasteiger partial charge < -0.3 is 25.6 Å². The van der Waals surface area contributed by atoms with Crippen molar-refractivity contribution in [3.63, 3.8) is 0 Å². The standard InChI is InChI=1S/C36H39BrN7OP/c1-22-19-32(33(45-2)20-27(22)23-7-9-25(10-8-23)44-17-15-38-16-18-44)42-36-39-21-28(37)35(43-36)41-31-14-13-30-26(34(31)46(3)4)11-12-29(40-30)24-5-6-24/h7-14,19-21,24,38H,5-6,15-18H2,1-4H3,(H2,39,41,42,43). The maximum absolute atomic E-state index is 5.85. The Morgan fingerprint density at radius 3 is 2.43 bits per heavy atom. The second-order valence-corrected chi connectivity index (χ2v) is 15.3. The number of aromatic nitrogens is 3. The van der Waals surface area contributed by atoms with Crippen LogP contribution in [0.25, 0.3) is 22.0 Å². The number of halogens is 1. The van der Waals surface area contributed by atoms with E-state index in [1.165, 1.54) is 34.9 Å². The summed E-state index contributed by atoms with van der Waals surface area (Å²) in [4.78, 5) is 16.9. The van der Waals surface area contributed by atoms with Crippen molar-refractivity contribution in [3.05, 3.63) is 82.6 Å². The number of aryl methyl sites for hydroxylation is 1. The summed E-state index contributed by atoms with van der Waals surface area (Å²) in [5, 5.41) is 12.9. The molecule has 0 unspecified atom stereocenters. The average Bonchev–Trinajstić information content (AvgIpc) is 3.92. The van der Waals surface area contributed by atoms with Crippen LogP contribution >= 0.6 is 23.9 Å². The number of piperazine rings is 1. The number of nitrogens with one attached hydrogen (secondary N) is 3. The van der Waals surface area contributed by atoms with Crippen LogP contribution in [0.2, 0.25) is 0 Å². The average molecular weight is 697 g/mol. The first-order valence-corrected chi connectivity index (χ1v) is 18.8. The van der Waals surface area contributed by atoms with E-state index in [1.807, 2.05) is 0 Å². The SMILES string of the molecule is COc1cc(-c2ccc(N3CCNCC3)cc2)c(C)cc1Nc1ncc(Br)c(Nc2ccc3nc(C4CC4)ccc3c2P(C)C)n1. The molecule has 2 fully saturated rings. The van der Waals surface area contributed by atoms with Crippen LogP contribution in [-0.4, -0.2) is 61.6 Å². The van der Waals surface area contributed by atoms with Crippen LogP contribution in [0, 0.1) is 6.92 Å². The van der Waals surface area contributed by atoms with Crippen molar-refractivity contribution in [1.82, 2.24) is 20.3 Å². The topological polar surface area (TPSA) is 87.2 Å². The lowest BCUT2D eigenvalue weighted by atomic mass is 9.99. The molecule has 5 aromatic rings. The molecule has 2 aliphatic rings. The molecule has 10 heteroatoms. The van der Waals surface area contributed by atoms with E-state index in [4.69, 9.17) is 14.7 Å². The summed E-state index contributed by atoms with van der Waals surface area (Å²) in [6.45, 7) is 10.8. The lowest BCUT2D eigenvalue weighted by molar-refractivity contribution is 0.417. The van der Waals surface area contributed by atoms with Crippen molar-refractivity contribution in [2.24, 2.45) is 0 Å². The minimum atomic E-state index is -0.415. The highest BCUT2D eigenvalue weighted by Crippen LogP contribution is 2.41. The number of pyridine rings is 1. The molecule has 236 valence electrons. The van der Waals surface area contributed by atoms with Crippen LogP contribution in [0.15, 0.2) is 71.3 Å². The van der Waals surface area contributed by atoms with Gasteiger partial charge in [0, 0.05) is 66.1 Å². The number of nitrogens with zero attached hydrogens (tertiary/aromatic N) is 4. The maximum atomic E-state index is 5.85. The summed E-state index contributed by atoms with van der Waals surface area (Å²) in [6, 6.07) is 21.7. The van der Waals surface area contributed by atoms with Crippen LogP contribution in [0.4, 0.5) is 28.8 Å². The lowest BCUT2D eigenvalue weighted by Crippen LogP contribution is -2.43. The van der Waals surface area contributed by atoms with Gasteiger partial charge in [0.2, 0.25) is 5.95 Å². The van der Waals surface area contributed by atoms with E-state index in [9.17, 15) is 0 Å². The first kappa shape index (κ1) is 30.9.